The van der Waals surface area contributed by atoms with Gasteiger partial charge in [-0.05, 0) is 58.0 Å². The molecule has 0 saturated heterocycles. The van der Waals surface area contributed by atoms with Crippen molar-refractivity contribution >= 4 is 0 Å². The van der Waals surface area contributed by atoms with E-state index >= 15 is 0 Å². The average Bonchev–Trinajstić information content (AvgIpc) is 2.35. The van der Waals surface area contributed by atoms with Crippen LogP contribution in [-0.2, 0) is 6.54 Å². The van der Waals surface area contributed by atoms with Crippen LogP contribution in [-0.4, -0.2) is 37.7 Å². The maximum Gasteiger partial charge on any atom is 0.119 e. The summed E-state index contributed by atoms with van der Waals surface area (Å²) in [5.74, 6) is 1.56. The van der Waals surface area contributed by atoms with Gasteiger partial charge in [0.15, 0.2) is 0 Å². The predicted molar refractivity (Wildman–Crippen MR) is 86.2 cm³/mol. The first kappa shape index (κ1) is 17.0. The van der Waals surface area contributed by atoms with Gasteiger partial charge in [0.1, 0.15) is 5.75 Å². The van der Waals surface area contributed by atoms with Gasteiger partial charge in [0.2, 0.25) is 0 Å². The zero-order valence-corrected chi connectivity index (χ0v) is 13.9. The van der Waals surface area contributed by atoms with Crippen molar-refractivity contribution in [1.29, 1.82) is 0 Å². The van der Waals surface area contributed by atoms with Crippen LogP contribution in [0, 0.1) is 5.92 Å². The summed E-state index contributed by atoms with van der Waals surface area (Å²) in [5, 5.41) is 3.56. The van der Waals surface area contributed by atoms with Crippen molar-refractivity contribution in [3.05, 3.63) is 29.8 Å². The Hall–Kier alpha value is -1.06. The van der Waals surface area contributed by atoms with Gasteiger partial charge >= 0.3 is 0 Å². The molecule has 0 heterocycles. The summed E-state index contributed by atoms with van der Waals surface area (Å²) in [4.78, 5) is 2.36. The second kappa shape index (κ2) is 7.65. The van der Waals surface area contributed by atoms with Crippen molar-refractivity contribution in [2.24, 2.45) is 5.92 Å². The molecule has 0 aliphatic heterocycles. The second-order valence-corrected chi connectivity index (χ2v) is 6.78. The number of hydrogen-bond donors (Lipinski definition) is 1. The molecule has 0 amide bonds. The Balaban J connectivity index is 2.40. The van der Waals surface area contributed by atoms with Crippen LogP contribution >= 0.6 is 0 Å². The lowest BCUT2D eigenvalue weighted by molar-refractivity contribution is 0.261. The maximum absolute atomic E-state index is 5.27. The van der Waals surface area contributed by atoms with E-state index in [-0.39, 0.29) is 5.54 Å². The van der Waals surface area contributed by atoms with E-state index in [0.717, 1.165) is 25.4 Å². The minimum Gasteiger partial charge on any atom is -0.497 e. The molecule has 0 aliphatic rings. The third-order valence-corrected chi connectivity index (χ3v) is 3.19. The number of methoxy groups -OCH3 is 1. The van der Waals surface area contributed by atoms with Gasteiger partial charge in [0.25, 0.3) is 0 Å². The van der Waals surface area contributed by atoms with Gasteiger partial charge in [0.05, 0.1) is 7.11 Å². The zero-order valence-electron chi connectivity index (χ0n) is 13.9. The van der Waals surface area contributed by atoms with E-state index in [0.29, 0.717) is 5.92 Å². The van der Waals surface area contributed by atoms with E-state index in [2.05, 4.69) is 57.1 Å². The van der Waals surface area contributed by atoms with Gasteiger partial charge in [-0.3, -0.25) is 0 Å². The van der Waals surface area contributed by atoms with Crippen LogP contribution in [0.1, 0.15) is 33.3 Å². The van der Waals surface area contributed by atoms with Crippen LogP contribution in [0.15, 0.2) is 24.3 Å². The van der Waals surface area contributed by atoms with Crippen LogP contribution in [0.4, 0.5) is 0 Å². The van der Waals surface area contributed by atoms with Crippen molar-refractivity contribution in [2.45, 2.75) is 39.8 Å². The number of hydrogen-bond acceptors (Lipinski definition) is 3. The lowest BCUT2D eigenvalue weighted by Gasteiger charge is -2.26. The van der Waals surface area contributed by atoms with E-state index < -0.39 is 0 Å². The standard InChI is InChI=1S/C17H30N2O/c1-14(11-18-17(2,3)4)12-19(5)13-15-8-7-9-16(10-15)20-6/h7-10,14,18H,11-13H2,1-6H3. The van der Waals surface area contributed by atoms with E-state index in [1.165, 1.54) is 5.56 Å². The van der Waals surface area contributed by atoms with E-state index in [1.54, 1.807) is 7.11 Å². The van der Waals surface area contributed by atoms with Crippen LogP contribution in [0.2, 0.25) is 0 Å². The van der Waals surface area contributed by atoms with Gasteiger partial charge in [-0.15, -0.1) is 0 Å². The largest absolute Gasteiger partial charge is 0.497 e. The van der Waals surface area contributed by atoms with Gasteiger partial charge in [-0.2, -0.15) is 0 Å². The monoisotopic (exact) mass is 278 g/mol. The third kappa shape index (κ3) is 6.92. The van der Waals surface area contributed by atoms with E-state index in [4.69, 9.17) is 4.74 Å². The summed E-state index contributed by atoms with van der Waals surface area (Å²) < 4.78 is 5.27. The second-order valence-electron chi connectivity index (χ2n) is 6.78. The molecule has 3 heteroatoms. The summed E-state index contributed by atoms with van der Waals surface area (Å²) in [6, 6.07) is 8.29. The molecule has 1 unspecified atom stereocenters. The predicted octanol–water partition coefficient (Wildman–Crippen LogP) is 3.15. The van der Waals surface area contributed by atoms with Crippen molar-refractivity contribution in [1.82, 2.24) is 10.2 Å². The zero-order chi connectivity index (χ0) is 15.2. The molecule has 0 bridgehead atoms. The molecule has 1 rings (SSSR count). The third-order valence-electron chi connectivity index (χ3n) is 3.19. The molecule has 0 fully saturated rings. The molecule has 0 aromatic heterocycles. The summed E-state index contributed by atoms with van der Waals surface area (Å²) in [7, 11) is 3.89. The van der Waals surface area contributed by atoms with Gasteiger partial charge < -0.3 is 15.0 Å². The molecule has 0 spiro atoms. The highest BCUT2D eigenvalue weighted by atomic mass is 16.5. The molecule has 20 heavy (non-hydrogen) atoms. The highest BCUT2D eigenvalue weighted by Crippen LogP contribution is 2.14. The summed E-state index contributed by atoms with van der Waals surface area (Å²) in [6.45, 7) is 12.0. The number of nitrogens with one attached hydrogen (secondary N) is 1. The van der Waals surface area contributed by atoms with Crippen LogP contribution in [0.3, 0.4) is 0 Å². The first-order valence-electron chi connectivity index (χ1n) is 7.36. The highest BCUT2D eigenvalue weighted by Gasteiger charge is 2.12. The van der Waals surface area contributed by atoms with Gasteiger partial charge in [0, 0.05) is 18.6 Å². The number of nitrogens with zero attached hydrogens (tertiary/aromatic N) is 1. The Morgan fingerprint density at radius 1 is 1.30 bits per heavy atom. The Kier molecular flexibility index (Phi) is 6.50. The first-order valence-corrected chi connectivity index (χ1v) is 7.36. The Morgan fingerprint density at radius 2 is 2.00 bits per heavy atom. The molecule has 3 nitrogen and oxygen atoms in total. The van der Waals surface area contributed by atoms with Crippen LogP contribution < -0.4 is 10.1 Å². The van der Waals surface area contributed by atoms with Gasteiger partial charge in [-0.25, -0.2) is 0 Å². The smallest absolute Gasteiger partial charge is 0.119 e. The van der Waals surface area contributed by atoms with E-state index in [1.807, 2.05) is 12.1 Å². The van der Waals surface area contributed by atoms with Crippen molar-refractivity contribution in [3.8, 4) is 5.75 Å². The molecule has 114 valence electrons. The summed E-state index contributed by atoms with van der Waals surface area (Å²) in [6.07, 6.45) is 0. The van der Waals surface area contributed by atoms with E-state index in [9.17, 15) is 0 Å². The number of benzene rings is 1. The SMILES string of the molecule is COc1cccc(CN(C)CC(C)CNC(C)(C)C)c1. The van der Waals surface area contributed by atoms with Crippen molar-refractivity contribution in [2.75, 3.05) is 27.2 Å². The summed E-state index contributed by atoms with van der Waals surface area (Å²) in [5.41, 5.74) is 1.49. The molecular weight excluding hydrogens is 248 g/mol. The molecular formula is C17H30N2O. The maximum atomic E-state index is 5.27. The Bertz CT molecular complexity index is 398. The minimum atomic E-state index is 0.194. The molecule has 0 aliphatic carbocycles. The topological polar surface area (TPSA) is 24.5 Å². The first-order chi connectivity index (χ1) is 9.30. The molecule has 0 radical (unpaired) electrons. The molecule has 1 aromatic rings. The van der Waals surface area contributed by atoms with Gasteiger partial charge in [-0.1, -0.05) is 19.1 Å². The normalized spacial score (nSPS) is 13.6. The Morgan fingerprint density at radius 3 is 2.60 bits per heavy atom. The average molecular weight is 278 g/mol. The lowest BCUT2D eigenvalue weighted by atomic mass is 10.1. The van der Waals surface area contributed by atoms with Crippen LogP contribution in [0.5, 0.6) is 5.75 Å². The molecule has 1 N–H and O–H groups in total. The lowest BCUT2D eigenvalue weighted by Crippen LogP contribution is -2.40. The molecule has 1 aromatic carbocycles. The number of rotatable bonds is 7. The fraction of sp³-hybridized carbons (Fsp3) is 0.647. The van der Waals surface area contributed by atoms with Crippen LogP contribution in [0.25, 0.3) is 0 Å². The molecule has 0 saturated carbocycles. The van der Waals surface area contributed by atoms with Crippen molar-refractivity contribution in [3.63, 3.8) is 0 Å². The highest BCUT2D eigenvalue weighted by molar-refractivity contribution is 5.28. The summed E-state index contributed by atoms with van der Waals surface area (Å²) >= 11 is 0. The van der Waals surface area contributed by atoms with Crippen molar-refractivity contribution < 1.29 is 4.74 Å². The Labute approximate surface area is 124 Å². The minimum absolute atomic E-state index is 0.194. The molecule has 1 atom stereocenters. The quantitative estimate of drug-likeness (QED) is 0.829. The fourth-order valence-corrected chi connectivity index (χ4v) is 2.22. The number of ether oxygens (including phenoxy) is 1. The fourth-order valence-electron chi connectivity index (χ4n) is 2.22.